The number of benzene rings is 1. The fraction of sp³-hybridized carbons (Fsp3) is 0.529. The summed E-state index contributed by atoms with van der Waals surface area (Å²) in [6.45, 7) is 5.89. The van der Waals surface area contributed by atoms with Crippen molar-refractivity contribution in [3.05, 3.63) is 42.0 Å². The Balaban J connectivity index is 2.63. The van der Waals surface area contributed by atoms with E-state index in [-0.39, 0.29) is 0 Å². The van der Waals surface area contributed by atoms with Crippen molar-refractivity contribution in [3.63, 3.8) is 0 Å². The number of unbranched alkanes of at least 4 members (excludes halogenated alkanes) is 3. The molecule has 0 spiro atoms. The molecule has 2 heteroatoms. The number of rotatable bonds is 9. The third-order valence-electron chi connectivity index (χ3n) is 3.51. The van der Waals surface area contributed by atoms with Crippen molar-refractivity contribution >= 4 is 0 Å². The van der Waals surface area contributed by atoms with Crippen LogP contribution in [-0.4, -0.2) is 14.2 Å². The Kier molecular flexibility index (Phi) is 7.27. The van der Waals surface area contributed by atoms with Crippen LogP contribution in [0.15, 0.2) is 30.9 Å². The maximum absolute atomic E-state index is 5.47. The Morgan fingerprint density at radius 2 is 2.11 bits per heavy atom. The average molecular weight is 261 g/mol. The summed E-state index contributed by atoms with van der Waals surface area (Å²) in [6.07, 6.45) is 8.00. The molecular weight excluding hydrogens is 234 g/mol. The van der Waals surface area contributed by atoms with Crippen LogP contribution in [0.25, 0.3) is 0 Å². The second kappa shape index (κ2) is 8.76. The first-order chi connectivity index (χ1) is 9.22. The lowest BCUT2D eigenvalue weighted by Gasteiger charge is -2.20. The number of aryl methyl sites for hydroxylation is 1. The highest BCUT2D eigenvalue weighted by Gasteiger charge is 2.14. The monoisotopic (exact) mass is 261 g/mol. The molecule has 0 bridgehead atoms. The zero-order valence-corrected chi connectivity index (χ0v) is 12.5. The summed E-state index contributed by atoms with van der Waals surface area (Å²) in [5.41, 5.74) is 2.55. The van der Waals surface area contributed by atoms with Gasteiger partial charge in [-0.25, -0.2) is 0 Å². The molecule has 106 valence electrons. The van der Waals surface area contributed by atoms with Crippen LogP contribution in [0.5, 0.6) is 5.75 Å². The summed E-state index contributed by atoms with van der Waals surface area (Å²) in [7, 11) is 3.77. The van der Waals surface area contributed by atoms with Gasteiger partial charge in [-0.15, -0.1) is 6.58 Å². The van der Waals surface area contributed by atoms with Crippen LogP contribution in [0.4, 0.5) is 0 Å². The van der Waals surface area contributed by atoms with Gasteiger partial charge in [0.2, 0.25) is 0 Å². The molecule has 0 saturated carbocycles. The van der Waals surface area contributed by atoms with Gasteiger partial charge >= 0.3 is 0 Å². The fourth-order valence-corrected chi connectivity index (χ4v) is 2.40. The molecule has 1 aromatic rings. The van der Waals surface area contributed by atoms with Crippen molar-refractivity contribution in [3.8, 4) is 5.75 Å². The van der Waals surface area contributed by atoms with Gasteiger partial charge in [0.05, 0.1) is 7.11 Å². The van der Waals surface area contributed by atoms with E-state index >= 15 is 0 Å². The maximum Gasteiger partial charge on any atom is 0.123 e. The van der Waals surface area contributed by atoms with E-state index < -0.39 is 0 Å². The van der Waals surface area contributed by atoms with E-state index in [9.17, 15) is 0 Å². The molecule has 0 fully saturated rings. The van der Waals surface area contributed by atoms with Crippen molar-refractivity contribution in [2.45, 2.75) is 45.1 Å². The molecule has 1 rings (SSSR count). The minimum Gasteiger partial charge on any atom is -0.496 e. The summed E-state index contributed by atoms with van der Waals surface area (Å²) in [6, 6.07) is 6.76. The first-order valence-electron chi connectivity index (χ1n) is 7.15. The van der Waals surface area contributed by atoms with Gasteiger partial charge in [-0.1, -0.05) is 36.6 Å². The van der Waals surface area contributed by atoms with Gasteiger partial charge in [-0.05, 0) is 39.3 Å². The normalized spacial score (nSPS) is 12.2. The second-order valence-electron chi connectivity index (χ2n) is 5.01. The Hall–Kier alpha value is -1.28. The van der Waals surface area contributed by atoms with Crippen molar-refractivity contribution in [2.24, 2.45) is 0 Å². The van der Waals surface area contributed by atoms with Crippen LogP contribution >= 0.6 is 0 Å². The zero-order valence-electron chi connectivity index (χ0n) is 12.5. The lowest BCUT2D eigenvalue weighted by molar-refractivity contribution is 0.396. The van der Waals surface area contributed by atoms with Crippen LogP contribution in [0.1, 0.15) is 49.3 Å². The minimum absolute atomic E-state index is 0.374. The zero-order chi connectivity index (χ0) is 14.1. The van der Waals surface area contributed by atoms with E-state index in [0.29, 0.717) is 6.04 Å². The fourth-order valence-electron chi connectivity index (χ4n) is 2.40. The molecule has 1 N–H and O–H groups in total. The standard InChI is InChI=1S/C17H27NO/c1-5-6-7-8-9-10-16(18-3)15-13-14(2)11-12-17(15)19-4/h5,11-13,16,18H,1,6-10H2,2-4H3. The predicted octanol–water partition coefficient (Wildman–Crippen LogP) is 4.40. The van der Waals surface area contributed by atoms with Gasteiger partial charge in [0.15, 0.2) is 0 Å². The lowest BCUT2D eigenvalue weighted by atomic mass is 9.97. The van der Waals surface area contributed by atoms with E-state index in [2.05, 4.69) is 37.0 Å². The van der Waals surface area contributed by atoms with Gasteiger partial charge in [-0.2, -0.15) is 0 Å². The Labute approximate surface area is 117 Å². The topological polar surface area (TPSA) is 21.3 Å². The highest BCUT2D eigenvalue weighted by atomic mass is 16.5. The first-order valence-corrected chi connectivity index (χ1v) is 7.15. The van der Waals surface area contributed by atoms with Crippen molar-refractivity contribution in [1.82, 2.24) is 5.32 Å². The molecule has 2 nitrogen and oxygen atoms in total. The number of ether oxygens (including phenoxy) is 1. The van der Waals surface area contributed by atoms with Gasteiger partial charge < -0.3 is 10.1 Å². The third-order valence-corrected chi connectivity index (χ3v) is 3.51. The van der Waals surface area contributed by atoms with Crippen LogP contribution in [0.3, 0.4) is 0 Å². The molecule has 0 radical (unpaired) electrons. The SMILES string of the molecule is C=CCCCCCC(NC)c1cc(C)ccc1OC. The van der Waals surface area contributed by atoms with Crippen LogP contribution in [0.2, 0.25) is 0 Å². The number of hydrogen-bond acceptors (Lipinski definition) is 2. The maximum atomic E-state index is 5.47. The molecule has 0 saturated heterocycles. The largest absolute Gasteiger partial charge is 0.496 e. The molecule has 0 aromatic heterocycles. The number of methoxy groups -OCH3 is 1. The first kappa shape index (κ1) is 15.8. The van der Waals surface area contributed by atoms with E-state index in [0.717, 1.165) is 18.6 Å². The van der Waals surface area contributed by atoms with Gasteiger partial charge in [0, 0.05) is 11.6 Å². The smallest absolute Gasteiger partial charge is 0.123 e. The molecule has 0 heterocycles. The molecule has 1 atom stereocenters. The van der Waals surface area contributed by atoms with Crippen molar-refractivity contribution in [2.75, 3.05) is 14.2 Å². The highest BCUT2D eigenvalue weighted by molar-refractivity contribution is 5.39. The van der Waals surface area contributed by atoms with E-state index in [1.54, 1.807) is 7.11 Å². The van der Waals surface area contributed by atoms with E-state index in [1.807, 2.05) is 13.1 Å². The Bertz CT molecular complexity index is 387. The number of allylic oxidation sites excluding steroid dienone is 1. The quantitative estimate of drug-likeness (QED) is 0.525. The van der Waals surface area contributed by atoms with E-state index in [4.69, 9.17) is 4.74 Å². The number of nitrogens with one attached hydrogen (secondary N) is 1. The van der Waals surface area contributed by atoms with Gasteiger partial charge in [0.1, 0.15) is 5.75 Å². The summed E-state index contributed by atoms with van der Waals surface area (Å²) < 4.78 is 5.47. The molecule has 1 unspecified atom stereocenters. The molecule has 0 aliphatic rings. The van der Waals surface area contributed by atoms with Crippen LogP contribution in [-0.2, 0) is 0 Å². The highest BCUT2D eigenvalue weighted by Crippen LogP contribution is 2.29. The molecule has 1 aromatic carbocycles. The van der Waals surface area contributed by atoms with Crippen molar-refractivity contribution in [1.29, 1.82) is 0 Å². The average Bonchev–Trinajstić information content (AvgIpc) is 2.43. The van der Waals surface area contributed by atoms with Crippen LogP contribution in [0, 0.1) is 6.92 Å². The Morgan fingerprint density at radius 3 is 2.74 bits per heavy atom. The summed E-state index contributed by atoms with van der Waals surface area (Å²) >= 11 is 0. The third kappa shape index (κ3) is 5.07. The lowest BCUT2D eigenvalue weighted by Crippen LogP contribution is -2.17. The summed E-state index contributed by atoms with van der Waals surface area (Å²) in [4.78, 5) is 0. The molecular formula is C17H27NO. The van der Waals surface area contributed by atoms with Crippen LogP contribution < -0.4 is 10.1 Å². The number of hydrogen-bond donors (Lipinski definition) is 1. The van der Waals surface area contributed by atoms with Gasteiger partial charge in [0.25, 0.3) is 0 Å². The van der Waals surface area contributed by atoms with E-state index in [1.165, 1.54) is 30.4 Å². The predicted molar refractivity (Wildman–Crippen MR) is 82.8 cm³/mol. The second-order valence-corrected chi connectivity index (χ2v) is 5.01. The molecule has 19 heavy (non-hydrogen) atoms. The molecule has 0 aliphatic heterocycles. The molecule has 0 amide bonds. The van der Waals surface area contributed by atoms with Crippen molar-refractivity contribution < 1.29 is 4.74 Å². The summed E-state index contributed by atoms with van der Waals surface area (Å²) in [5.74, 6) is 0.982. The Morgan fingerprint density at radius 1 is 1.32 bits per heavy atom. The summed E-state index contributed by atoms with van der Waals surface area (Å²) in [5, 5.41) is 3.41. The molecule has 0 aliphatic carbocycles. The van der Waals surface area contributed by atoms with Gasteiger partial charge in [-0.3, -0.25) is 0 Å². The minimum atomic E-state index is 0.374.